The van der Waals surface area contributed by atoms with E-state index in [1.165, 1.54) is 5.56 Å². The van der Waals surface area contributed by atoms with E-state index >= 15 is 0 Å². The van der Waals surface area contributed by atoms with Crippen LogP contribution in [0.15, 0.2) is 18.2 Å². The summed E-state index contributed by atoms with van der Waals surface area (Å²) in [5, 5.41) is 0. The highest BCUT2D eigenvalue weighted by Gasteiger charge is 2.18. The van der Waals surface area contributed by atoms with Gasteiger partial charge in [0.1, 0.15) is 0 Å². The highest BCUT2D eigenvalue weighted by atomic mass is 16.7. The number of hydrogen-bond donors (Lipinski definition) is 0. The first-order chi connectivity index (χ1) is 9.35. The molecule has 2 heterocycles. The summed E-state index contributed by atoms with van der Waals surface area (Å²) in [5.74, 6) is 4.42. The van der Waals surface area contributed by atoms with Crippen molar-refractivity contribution in [2.75, 3.05) is 39.5 Å². The fourth-order valence-electron chi connectivity index (χ4n) is 2.53. The lowest BCUT2D eigenvalue weighted by atomic mass is 10.1. The van der Waals surface area contributed by atoms with Crippen molar-refractivity contribution in [3.63, 3.8) is 0 Å². The van der Waals surface area contributed by atoms with Crippen molar-refractivity contribution in [1.82, 2.24) is 9.80 Å². The van der Waals surface area contributed by atoms with Crippen LogP contribution in [0.25, 0.3) is 0 Å². The standard InChI is InChI=1S/C15H18N2O2/c1-2-5-16-6-8-17(9-7-16)11-13-3-4-14-15(10-13)19-12-18-14/h1,3-4,10H,5-9,11-12H2. The Morgan fingerprint density at radius 1 is 1.05 bits per heavy atom. The third-order valence-electron chi connectivity index (χ3n) is 3.62. The molecule has 0 bridgehead atoms. The van der Waals surface area contributed by atoms with Crippen molar-refractivity contribution in [2.45, 2.75) is 6.54 Å². The van der Waals surface area contributed by atoms with Gasteiger partial charge in [0.15, 0.2) is 11.5 Å². The van der Waals surface area contributed by atoms with Crippen LogP contribution in [0.3, 0.4) is 0 Å². The summed E-state index contributed by atoms with van der Waals surface area (Å²) in [6.07, 6.45) is 5.34. The molecular formula is C15H18N2O2. The molecule has 19 heavy (non-hydrogen) atoms. The van der Waals surface area contributed by atoms with Crippen LogP contribution in [0.4, 0.5) is 0 Å². The second-order valence-electron chi connectivity index (χ2n) is 4.94. The van der Waals surface area contributed by atoms with Crippen molar-refractivity contribution in [3.8, 4) is 23.8 Å². The Balaban J connectivity index is 1.56. The van der Waals surface area contributed by atoms with Crippen LogP contribution in [-0.2, 0) is 6.54 Å². The lowest BCUT2D eigenvalue weighted by Gasteiger charge is -2.33. The van der Waals surface area contributed by atoms with Crippen molar-refractivity contribution in [3.05, 3.63) is 23.8 Å². The van der Waals surface area contributed by atoms with Crippen molar-refractivity contribution in [1.29, 1.82) is 0 Å². The number of rotatable bonds is 3. The van der Waals surface area contributed by atoms with Crippen LogP contribution in [0.1, 0.15) is 5.56 Å². The first kappa shape index (κ1) is 12.3. The van der Waals surface area contributed by atoms with E-state index in [0.29, 0.717) is 6.79 Å². The molecule has 0 spiro atoms. The summed E-state index contributed by atoms with van der Waals surface area (Å²) in [7, 11) is 0. The van der Waals surface area contributed by atoms with Gasteiger partial charge in [-0.3, -0.25) is 9.80 Å². The van der Waals surface area contributed by atoms with Crippen molar-refractivity contribution in [2.24, 2.45) is 0 Å². The first-order valence-corrected chi connectivity index (χ1v) is 6.62. The summed E-state index contributed by atoms with van der Waals surface area (Å²) >= 11 is 0. The molecule has 1 saturated heterocycles. The average molecular weight is 258 g/mol. The summed E-state index contributed by atoms with van der Waals surface area (Å²) in [4.78, 5) is 4.76. The molecule has 3 rings (SSSR count). The maximum absolute atomic E-state index is 5.41. The molecule has 1 aromatic rings. The van der Waals surface area contributed by atoms with Gasteiger partial charge in [-0.05, 0) is 17.7 Å². The van der Waals surface area contributed by atoms with Gasteiger partial charge >= 0.3 is 0 Å². The minimum Gasteiger partial charge on any atom is -0.454 e. The Hall–Kier alpha value is -1.70. The molecule has 4 heteroatoms. The van der Waals surface area contributed by atoms with Gasteiger partial charge < -0.3 is 9.47 Å². The molecule has 2 aliphatic rings. The smallest absolute Gasteiger partial charge is 0.231 e. The Morgan fingerprint density at radius 3 is 2.58 bits per heavy atom. The zero-order chi connectivity index (χ0) is 13.1. The van der Waals surface area contributed by atoms with E-state index in [1.54, 1.807) is 0 Å². The number of hydrogen-bond acceptors (Lipinski definition) is 4. The highest BCUT2D eigenvalue weighted by Crippen LogP contribution is 2.32. The Bertz CT molecular complexity index is 487. The minimum atomic E-state index is 0.337. The van der Waals surface area contributed by atoms with E-state index in [-0.39, 0.29) is 0 Å². The highest BCUT2D eigenvalue weighted by molar-refractivity contribution is 5.44. The van der Waals surface area contributed by atoms with E-state index in [0.717, 1.165) is 50.8 Å². The fraction of sp³-hybridized carbons (Fsp3) is 0.467. The van der Waals surface area contributed by atoms with Gasteiger partial charge in [0.25, 0.3) is 0 Å². The topological polar surface area (TPSA) is 24.9 Å². The molecule has 4 nitrogen and oxygen atoms in total. The monoisotopic (exact) mass is 258 g/mol. The molecule has 0 radical (unpaired) electrons. The molecule has 0 N–H and O–H groups in total. The molecule has 100 valence electrons. The Morgan fingerprint density at radius 2 is 1.79 bits per heavy atom. The molecule has 0 aromatic heterocycles. The van der Waals surface area contributed by atoms with Gasteiger partial charge in [-0.1, -0.05) is 12.0 Å². The number of terminal acetylenes is 1. The normalized spacial score (nSPS) is 19.3. The number of nitrogens with zero attached hydrogens (tertiary/aromatic N) is 2. The third-order valence-corrected chi connectivity index (χ3v) is 3.62. The van der Waals surface area contributed by atoms with E-state index in [2.05, 4.69) is 27.9 Å². The maximum atomic E-state index is 5.41. The van der Waals surface area contributed by atoms with Gasteiger partial charge in [-0.2, -0.15) is 0 Å². The largest absolute Gasteiger partial charge is 0.454 e. The molecule has 1 aromatic carbocycles. The zero-order valence-corrected chi connectivity index (χ0v) is 11.0. The van der Waals surface area contributed by atoms with Gasteiger partial charge in [-0.25, -0.2) is 0 Å². The van der Waals surface area contributed by atoms with Crippen LogP contribution in [0.5, 0.6) is 11.5 Å². The van der Waals surface area contributed by atoms with Crippen LogP contribution >= 0.6 is 0 Å². The lowest BCUT2D eigenvalue weighted by Crippen LogP contribution is -2.45. The zero-order valence-electron chi connectivity index (χ0n) is 11.0. The molecule has 1 fully saturated rings. The summed E-state index contributed by atoms with van der Waals surface area (Å²) in [5.41, 5.74) is 1.27. The first-order valence-electron chi connectivity index (χ1n) is 6.62. The molecular weight excluding hydrogens is 240 g/mol. The van der Waals surface area contributed by atoms with Crippen LogP contribution in [0.2, 0.25) is 0 Å². The average Bonchev–Trinajstić information content (AvgIpc) is 2.89. The van der Waals surface area contributed by atoms with E-state index in [9.17, 15) is 0 Å². The minimum absolute atomic E-state index is 0.337. The molecule has 0 saturated carbocycles. The molecule has 2 aliphatic heterocycles. The van der Waals surface area contributed by atoms with E-state index in [1.807, 2.05) is 6.07 Å². The van der Waals surface area contributed by atoms with Crippen LogP contribution in [-0.4, -0.2) is 49.3 Å². The van der Waals surface area contributed by atoms with Crippen LogP contribution in [0, 0.1) is 12.3 Å². The molecule has 0 atom stereocenters. The summed E-state index contributed by atoms with van der Waals surface area (Å²) < 4.78 is 10.7. The van der Waals surface area contributed by atoms with Crippen molar-refractivity contribution < 1.29 is 9.47 Å². The van der Waals surface area contributed by atoms with Gasteiger partial charge in [0.05, 0.1) is 6.54 Å². The van der Waals surface area contributed by atoms with Gasteiger partial charge in [-0.15, -0.1) is 6.42 Å². The number of fused-ring (bicyclic) bond motifs is 1. The Kier molecular flexibility index (Phi) is 3.58. The molecule has 0 unspecified atom stereocenters. The molecule has 0 aliphatic carbocycles. The van der Waals surface area contributed by atoms with Crippen molar-refractivity contribution >= 4 is 0 Å². The fourth-order valence-corrected chi connectivity index (χ4v) is 2.53. The summed E-state index contributed by atoms with van der Waals surface area (Å²) in [6, 6.07) is 6.18. The second kappa shape index (κ2) is 5.52. The number of piperazine rings is 1. The van der Waals surface area contributed by atoms with Gasteiger partial charge in [0, 0.05) is 32.7 Å². The van der Waals surface area contributed by atoms with Gasteiger partial charge in [0.2, 0.25) is 6.79 Å². The predicted octanol–water partition coefficient (Wildman–Crippen LogP) is 1.17. The van der Waals surface area contributed by atoms with Crippen LogP contribution < -0.4 is 9.47 Å². The molecule has 0 amide bonds. The quantitative estimate of drug-likeness (QED) is 0.760. The second-order valence-corrected chi connectivity index (χ2v) is 4.94. The predicted molar refractivity (Wildman–Crippen MR) is 73.1 cm³/mol. The maximum Gasteiger partial charge on any atom is 0.231 e. The lowest BCUT2D eigenvalue weighted by molar-refractivity contribution is 0.138. The Labute approximate surface area is 113 Å². The summed E-state index contributed by atoms with van der Waals surface area (Å²) in [6.45, 7) is 6.29. The van der Waals surface area contributed by atoms with E-state index < -0.39 is 0 Å². The number of ether oxygens (including phenoxy) is 2. The number of benzene rings is 1. The third kappa shape index (κ3) is 2.83. The SMILES string of the molecule is C#CCN1CCN(Cc2ccc3c(c2)OCO3)CC1. The van der Waals surface area contributed by atoms with E-state index in [4.69, 9.17) is 15.9 Å².